The van der Waals surface area contributed by atoms with E-state index in [9.17, 15) is 14.7 Å². The number of phenolic OH excluding ortho intramolecular Hbond substituents is 1. The summed E-state index contributed by atoms with van der Waals surface area (Å²) >= 11 is 0. The van der Waals surface area contributed by atoms with Gasteiger partial charge in [0.2, 0.25) is 0 Å². The SMILES string of the molecule is Cc1cccc(NC(=O)C(=O)Nc2cccc3c(O)cccc23)c1C. The van der Waals surface area contributed by atoms with E-state index in [1.807, 2.05) is 26.0 Å². The summed E-state index contributed by atoms with van der Waals surface area (Å²) in [7, 11) is 0. The van der Waals surface area contributed by atoms with Crippen LogP contribution < -0.4 is 10.6 Å². The summed E-state index contributed by atoms with van der Waals surface area (Å²) in [5.74, 6) is -1.39. The highest BCUT2D eigenvalue weighted by molar-refractivity contribution is 6.44. The van der Waals surface area contributed by atoms with Crippen LogP contribution in [-0.2, 0) is 9.59 Å². The van der Waals surface area contributed by atoms with Crippen LogP contribution in [0, 0.1) is 13.8 Å². The van der Waals surface area contributed by atoms with Crippen molar-refractivity contribution in [2.45, 2.75) is 13.8 Å². The highest BCUT2D eigenvalue weighted by Crippen LogP contribution is 2.29. The summed E-state index contributed by atoms with van der Waals surface area (Å²) < 4.78 is 0. The number of benzene rings is 3. The Bertz CT molecular complexity index is 980. The third kappa shape index (κ3) is 3.30. The Hall–Kier alpha value is -3.34. The van der Waals surface area contributed by atoms with Crippen molar-refractivity contribution in [2.75, 3.05) is 10.6 Å². The van der Waals surface area contributed by atoms with E-state index in [2.05, 4.69) is 10.6 Å². The third-order valence-electron chi connectivity index (χ3n) is 4.21. The first-order valence-electron chi connectivity index (χ1n) is 7.86. The van der Waals surface area contributed by atoms with Crippen molar-refractivity contribution in [1.82, 2.24) is 0 Å². The van der Waals surface area contributed by atoms with Crippen molar-refractivity contribution in [3.05, 3.63) is 65.7 Å². The molecule has 0 spiro atoms. The van der Waals surface area contributed by atoms with Gasteiger partial charge in [0.1, 0.15) is 5.75 Å². The van der Waals surface area contributed by atoms with Gasteiger partial charge in [0.05, 0.1) is 0 Å². The maximum Gasteiger partial charge on any atom is 0.314 e. The summed E-state index contributed by atoms with van der Waals surface area (Å²) in [5, 5.41) is 16.4. The number of carbonyl (C=O) groups is 2. The predicted octanol–water partition coefficient (Wildman–Crippen LogP) is 3.74. The number of amides is 2. The van der Waals surface area contributed by atoms with Gasteiger partial charge in [-0.25, -0.2) is 0 Å². The standard InChI is InChI=1S/C20H18N2O3/c1-12-6-3-9-16(13(12)2)21-19(24)20(25)22-17-10-4-8-15-14(17)7-5-11-18(15)23/h3-11,23H,1-2H3,(H,21,24)(H,22,25). The molecule has 0 bridgehead atoms. The number of fused-ring (bicyclic) bond motifs is 1. The van der Waals surface area contributed by atoms with Gasteiger partial charge in [0.25, 0.3) is 0 Å². The summed E-state index contributed by atoms with van der Waals surface area (Å²) in [6.07, 6.45) is 0. The average Bonchev–Trinajstić information content (AvgIpc) is 2.60. The number of phenols is 1. The third-order valence-corrected chi connectivity index (χ3v) is 4.21. The van der Waals surface area contributed by atoms with Crippen molar-refractivity contribution < 1.29 is 14.7 Å². The van der Waals surface area contributed by atoms with Gasteiger partial charge in [-0.1, -0.05) is 36.4 Å². The van der Waals surface area contributed by atoms with Crippen LogP contribution in [0.5, 0.6) is 5.75 Å². The van der Waals surface area contributed by atoms with Crippen LogP contribution in [0.25, 0.3) is 10.8 Å². The molecule has 3 N–H and O–H groups in total. The van der Waals surface area contributed by atoms with Crippen LogP contribution in [0.4, 0.5) is 11.4 Å². The number of anilines is 2. The Kier molecular flexibility index (Phi) is 4.39. The number of hydrogen-bond acceptors (Lipinski definition) is 3. The molecule has 3 rings (SSSR count). The molecule has 0 saturated heterocycles. The summed E-state index contributed by atoms with van der Waals surface area (Å²) in [6, 6.07) is 15.7. The van der Waals surface area contributed by atoms with Crippen molar-refractivity contribution in [1.29, 1.82) is 0 Å². The van der Waals surface area contributed by atoms with Crippen LogP contribution in [0.2, 0.25) is 0 Å². The van der Waals surface area contributed by atoms with Gasteiger partial charge >= 0.3 is 11.8 Å². The van der Waals surface area contributed by atoms with Crippen molar-refractivity contribution >= 4 is 34.0 Å². The molecule has 0 fully saturated rings. The number of carbonyl (C=O) groups excluding carboxylic acids is 2. The Balaban J connectivity index is 1.82. The fourth-order valence-electron chi connectivity index (χ4n) is 2.65. The first-order chi connectivity index (χ1) is 12.0. The van der Waals surface area contributed by atoms with Gasteiger partial charge in [0.15, 0.2) is 0 Å². The second-order valence-electron chi connectivity index (χ2n) is 5.83. The number of aryl methyl sites for hydroxylation is 1. The lowest BCUT2D eigenvalue weighted by Crippen LogP contribution is -2.29. The molecule has 5 nitrogen and oxygen atoms in total. The molecule has 0 atom stereocenters. The van der Waals surface area contributed by atoms with Crippen molar-refractivity contribution in [3.63, 3.8) is 0 Å². The van der Waals surface area contributed by atoms with E-state index >= 15 is 0 Å². The van der Waals surface area contributed by atoms with Gasteiger partial charge in [-0.2, -0.15) is 0 Å². The molecule has 0 unspecified atom stereocenters. The van der Waals surface area contributed by atoms with E-state index in [0.29, 0.717) is 22.1 Å². The molecule has 0 heterocycles. The largest absolute Gasteiger partial charge is 0.507 e. The van der Waals surface area contributed by atoms with E-state index in [-0.39, 0.29) is 5.75 Å². The van der Waals surface area contributed by atoms with E-state index in [4.69, 9.17) is 0 Å². The number of rotatable bonds is 2. The number of nitrogens with one attached hydrogen (secondary N) is 2. The van der Waals surface area contributed by atoms with Gasteiger partial charge < -0.3 is 15.7 Å². The molecular weight excluding hydrogens is 316 g/mol. The zero-order chi connectivity index (χ0) is 18.0. The molecule has 3 aromatic carbocycles. The molecule has 126 valence electrons. The molecule has 2 amide bonds. The maximum atomic E-state index is 12.3. The highest BCUT2D eigenvalue weighted by Gasteiger charge is 2.16. The molecule has 3 aromatic rings. The Morgan fingerprint density at radius 3 is 2.08 bits per heavy atom. The van der Waals surface area contributed by atoms with E-state index in [1.54, 1.807) is 42.5 Å². The second kappa shape index (κ2) is 6.65. The van der Waals surface area contributed by atoms with Crippen molar-refractivity contribution in [2.24, 2.45) is 0 Å². The average molecular weight is 334 g/mol. The van der Waals surface area contributed by atoms with Gasteiger partial charge in [-0.05, 0) is 43.2 Å². The van der Waals surface area contributed by atoms with E-state index < -0.39 is 11.8 Å². The van der Waals surface area contributed by atoms with Crippen LogP contribution in [0.15, 0.2) is 54.6 Å². The topological polar surface area (TPSA) is 78.4 Å². The van der Waals surface area contributed by atoms with E-state index in [0.717, 1.165) is 11.1 Å². The Morgan fingerprint density at radius 2 is 1.32 bits per heavy atom. The fraction of sp³-hybridized carbons (Fsp3) is 0.100. The molecule has 0 aliphatic rings. The smallest absolute Gasteiger partial charge is 0.314 e. The summed E-state index contributed by atoms with van der Waals surface area (Å²) in [6.45, 7) is 3.82. The monoisotopic (exact) mass is 334 g/mol. The molecule has 0 aliphatic heterocycles. The summed E-state index contributed by atoms with van der Waals surface area (Å²) in [5.41, 5.74) is 3.02. The lowest BCUT2D eigenvalue weighted by atomic mass is 10.1. The lowest BCUT2D eigenvalue weighted by Gasteiger charge is -2.12. The molecule has 0 aromatic heterocycles. The van der Waals surface area contributed by atoms with Gasteiger partial charge in [0, 0.05) is 22.1 Å². The predicted molar refractivity (Wildman–Crippen MR) is 98.8 cm³/mol. The van der Waals surface area contributed by atoms with Crippen LogP contribution in [0.3, 0.4) is 0 Å². The summed E-state index contributed by atoms with van der Waals surface area (Å²) in [4.78, 5) is 24.5. The van der Waals surface area contributed by atoms with Crippen LogP contribution in [0.1, 0.15) is 11.1 Å². The molecule has 0 saturated carbocycles. The minimum Gasteiger partial charge on any atom is -0.507 e. The minimum absolute atomic E-state index is 0.119. The molecule has 0 radical (unpaired) electrons. The van der Waals surface area contributed by atoms with Gasteiger partial charge in [-0.3, -0.25) is 9.59 Å². The Labute approximate surface area is 145 Å². The first-order valence-corrected chi connectivity index (χ1v) is 7.86. The normalized spacial score (nSPS) is 10.5. The first kappa shape index (κ1) is 16.5. The molecule has 0 aliphatic carbocycles. The second-order valence-corrected chi connectivity index (χ2v) is 5.83. The van der Waals surface area contributed by atoms with Crippen molar-refractivity contribution in [3.8, 4) is 5.75 Å². The van der Waals surface area contributed by atoms with E-state index in [1.165, 1.54) is 0 Å². The zero-order valence-electron chi connectivity index (χ0n) is 14.0. The number of hydrogen-bond donors (Lipinski definition) is 3. The maximum absolute atomic E-state index is 12.3. The highest BCUT2D eigenvalue weighted by atomic mass is 16.3. The molecule has 5 heteroatoms. The van der Waals surface area contributed by atoms with Crippen LogP contribution >= 0.6 is 0 Å². The van der Waals surface area contributed by atoms with Crippen LogP contribution in [-0.4, -0.2) is 16.9 Å². The quantitative estimate of drug-likeness (QED) is 0.625. The van der Waals surface area contributed by atoms with Gasteiger partial charge in [-0.15, -0.1) is 0 Å². The zero-order valence-corrected chi connectivity index (χ0v) is 14.0. The minimum atomic E-state index is -0.767. The number of aromatic hydroxyl groups is 1. The molecule has 25 heavy (non-hydrogen) atoms. The molecular formula is C20H18N2O3. The fourth-order valence-corrected chi connectivity index (χ4v) is 2.65. The Morgan fingerprint density at radius 1 is 0.760 bits per heavy atom. The lowest BCUT2D eigenvalue weighted by molar-refractivity contribution is -0.132.